The first kappa shape index (κ1) is 15.3. The highest BCUT2D eigenvalue weighted by Gasteiger charge is 2.55. The molecule has 2 bridgehead atoms. The van der Waals surface area contributed by atoms with Gasteiger partial charge in [-0.25, -0.2) is 0 Å². The average molecular weight is 283 g/mol. The average Bonchev–Trinajstić information content (AvgIpc) is 2.98. The van der Waals surface area contributed by atoms with Crippen LogP contribution < -0.4 is 5.32 Å². The third kappa shape index (κ3) is 3.14. The van der Waals surface area contributed by atoms with Crippen LogP contribution in [0.15, 0.2) is 0 Å². The van der Waals surface area contributed by atoms with Gasteiger partial charge in [-0.1, -0.05) is 26.2 Å². The van der Waals surface area contributed by atoms with Crippen LogP contribution in [0.1, 0.15) is 52.4 Å². The summed E-state index contributed by atoms with van der Waals surface area (Å²) < 4.78 is 5.62. The maximum Gasteiger partial charge on any atom is 0.310 e. The molecule has 0 aromatic rings. The van der Waals surface area contributed by atoms with E-state index in [1.807, 2.05) is 6.92 Å². The predicted molar refractivity (Wildman–Crippen MR) is 74.3 cm³/mol. The Balaban J connectivity index is 1.89. The van der Waals surface area contributed by atoms with Crippen LogP contribution in [0.5, 0.6) is 0 Å². The second-order valence-electron chi connectivity index (χ2n) is 6.09. The topological polar surface area (TPSA) is 75.6 Å². The largest absolute Gasteiger partial charge is 0.481 e. The van der Waals surface area contributed by atoms with Gasteiger partial charge in [0.25, 0.3) is 0 Å². The number of aliphatic carboxylic acids is 1. The molecule has 0 aromatic heterocycles. The number of carbonyl (C=O) groups is 2. The zero-order valence-electron chi connectivity index (χ0n) is 12.3. The zero-order chi connectivity index (χ0) is 14.7. The number of fused-ring (bicyclic) bond motifs is 2. The van der Waals surface area contributed by atoms with Crippen molar-refractivity contribution in [2.75, 3.05) is 0 Å². The first-order chi connectivity index (χ1) is 9.54. The molecule has 0 aliphatic carbocycles. The molecule has 0 aromatic carbocycles. The van der Waals surface area contributed by atoms with Gasteiger partial charge in [0.05, 0.1) is 24.0 Å². The highest BCUT2D eigenvalue weighted by molar-refractivity contribution is 5.86. The van der Waals surface area contributed by atoms with Gasteiger partial charge in [0.1, 0.15) is 0 Å². The Morgan fingerprint density at radius 3 is 2.50 bits per heavy atom. The van der Waals surface area contributed by atoms with Crippen molar-refractivity contribution in [3.63, 3.8) is 0 Å². The Labute approximate surface area is 120 Å². The maximum atomic E-state index is 12.3. The molecule has 2 aliphatic heterocycles. The molecule has 5 atom stereocenters. The van der Waals surface area contributed by atoms with Gasteiger partial charge in [-0.15, -0.1) is 0 Å². The molecule has 0 radical (unpaired) electrons. The highest BCUT2D eigenvalue weighted by atomic mass is 16.5. The molecule has 0 spiro atoms. The number of ether oxygens (including phenoxy) is 1. The van der Waals surface area contributed by atoms with E-state index in [-0.39, 0.29) is 24.2 Å². The quantitative estimate of drug-likeness (QED) is 0.700. The molecule has 0 unspecified atom stereocenters. The van der Waals surface area contributed by atoms with Crippen molar-refractivity contribution in [2.24, 2.45) is 11.8 Å². The summed E-state index contributed by atoms with van der Waals surface area (Å²) in [6.45, 7) is 4.13. The van der Waals surface area contributed by atoms with Gasteiger partial charge in [-0.2, -0.15) is 0 Å². The number of carbonyl (C=O) groups excluding carboxylic acids is 1. The summed E-state index contributed by atoms with van der Waals surface area (Å²) in [6.07, 6.45) is 5.44. The van der Waals surface area contributed by atoms with Crippen molar-refractivity contribution >= 4 is 11.9 Å². The second-order valence-corrected chi connectivity index (χ2v) is 6.09. The van der Waals surface area contributed by atoms with Crippen molar-refractivity contribution in [3.05, 3.63) is 0 Å². The van der Waals surface area contributed by atoms with Gasteiger partial charge >= 0.3 is 5.97 Å². The summed E-state index contributed by atoms with van der Waals surface area (Å²) in [5.41, 5.74) is 0. The molecule has 2 heterocycles. The summed E-state index contributed by atoms with van der Waals surface area (Å²) in [5, 5.41) is 12.3. The van der Waals surface area contributed by atoms with E-state index in [0.29, 0.717) is 0 Å². The Kier molecular flexibility index (Phi) is 5.02. The lowest BCUT2D eigenvalue weighted by atomic mass is 9.78. The number of hydrogen-bond acceptors (Lipinski definition) is 3. The van der Waals surface area contributed by atoms with Crippen LogP contribution >= 0.6 is 0 Å². The van der Waals surface area contributed by atoms with Gasteiger partial charge in [-0.05, 0) is 26.2 Å². The number of carboxylic acids is 1. The molecule has 5 heteroatoms. The van der Waals surface area contributed by atoms with E-state index in [0.717, 1.165) is 38.5 Å². The van der Waals surface area contributed by atoms with Crippen LogP contribution in [0.3, 0.4) is 0 Å². The van der Waals surface area contributed by atoms with Crippen molar-refractivity contribution < 1.29 is 19.4 Å². The molecule has 0 saturated carbocycles. The maximum absolute atomic E-state index is 12.3. The van der Waals surface area contributed by atoms with Crippen LogP contribution in [-0.4, -0.2) is 35.2 Å². The Morgan fingerprint density at radius 1 is 1.25 bits per heavy atom. The Hall–Kier alpha value is -1.10. The predicted octanol–water partition coefficient (Wildman–Crippen LogP) is 1.95. The summed E-state index contributed by atoms with van der Waals surface area (Å²) >= 11 is 0. The number of nitrogens with one attached hydrogen (secondary N) is 1. The van der Waals surface area contributed by atoms with E-state index in [1.54, 1.807) is 0 Å². The molecule has 2 saturated heterocycles. The van der Waals surface area contributed by atoms with Crippen LogP contribution in [0.2, 0.25) is 0 Å². The van der Waals surface area contributed by atoms with Crippen LogP contribution in [0, 0.1) is 11.8 Å². The lowest BCUT2D eigenvalue weighted by Crippen LogP contribution is -2.46. The fraction of sp³-hybridized carbons (Fsp3) is 0.867. The van der Waals surface area contributed by atoms with E-state index < -0.39 is 17.8 Å². The molecule has 2 fully saturated rings. The minimum absolute atomic E-state index is 0.0996. The Bertz CT molecular complexity index is 371. The number of unbranched alkanes of at least 4 members (excludes halogenated alkanes) is 2. The van der Waals surface area contributed by atoms with Crippen molar-refractivity contribution in [3.8, 4) is 0 Å². The minimum Gasteiger partial charge on any atom is -0.481 e. The van der Waals surface area contributed by atoms with Crippen molar-refractivity contribution in [1.82, 2.24) is 5.32 Å². The lowest BCUT2D eigenvalue weighted by Gasteiger charge is -2.25. The zero-order valence-corrected chi connectivity index (χ0v) is 12.3. The summed E-state index contributed by atoms with van der Waals surface area (Å²) in [6, 6.07) is 0.0996. The van der Waals surface area contributed by atoms with E-state index in [4.69, 9.17) is 4.74 Å². The van der Waals surface area contributed by atoms with E-state index >= 15 is 0 Å². The first-order valence-electron chi connectivity index (χ1n) is 7.73. The van der Waals surface area contributed by atoms with Gasteiger partial charge in [-0.3, -0.25) is 9.59 Å². The minimum atomic E-state index is -0.906. The van der Waals surface area contributed by atoms with Gasteiger partial charge in [0, 0.05) is 6.04 Å². The summed E-state index contributed by atoms with van der Waals surface area (Å²) in [4.78, 5) is 23.7. The first-order valence-corrected chi connectivity index (χ1v) is 7.73. The van der Waals surface area contributed by atoms with E-state index in [1.165, 1.54) is 0 Å². The highest BCUT2D eigenvalue weighted by Crippen LogP contribution is 2.43. The van der Waals surface area contributed by atoms with Gasteiger partial charge < -0.3 is 15.2 Å². The Morgan fingerprint density at radius 2 is 1.90 bits per heavy atom. The molecule has 5 nitrogen and oxygen atoms in total. The number of amides is 1. The lowest BCUT2D eigenvalue weighted by molar-refractivity contribution is -0.148. The third-order valence-corrected chi connectivity index (χ3v) is 4.49. The third-order valence-electron chi connectivity index (χ3n) is 4.49. The number of hydrogen-bond donors (Lipinski definition) is 2. The van der Waals surface area contributed by atoms with Crippen molar-refractivity contribution in [2.45, 2.75) is 70.6 Å². The monoisotopic (exact) mass is 283 g/mol. The number of carboxylic acid groups (broad SMARTS) is 1. The molecule has 2 N–H and O–H groups in total. The van der Waals surface area contributed by atoms with E-state index in [9.17, 15) is 14.7 Å². The van der Waals surface area contributed by atoms with Crippen LogP contribution in [-0.2, 0) is 14.3 Å². The molecule has 2 rings (SSSR count). The molecular formula is C15H25NO4. The fourth-order valence-electron chi connectivity index (χ4n) is 3.44. The molecular weight excluding hydrogens is 258 g/mol. The van der Waals surface area contributed by atoms with Gasteiger partial charge in [0.2, 0.25) is 5.91 Å². The standard InChI is InChI=1S/C15H25NO4/c1-3-4-5-6-9(2)16-14(17)12-10-7-8-11(20-10)13(12)15(18)19/h9-13H,3-8H2,1-2H3,(H,16,17)(H,18,19)/t9-,10+,11+,12+,13+/m0/s1. The summed E-state index contributed by atoms with van der Waals surface area (Å²) in [7, 11) is 0. The fourth-order valence-corrected chi connectivity index (χ4v) is 3.44. The van der Waals surface area contributed by atoms with E-state index in [2.05, 4.69) is 12.2 Å². The van der Waals surface area contributed by atoms with Gasteiger partial charge in [0.15, 0.2) is 0 Å². The van der Waals surface area contributed by atoms with Crippen molar-refractivity contribution in [1.29, 1.82) is 0 Å². The smallest absolute Gasteiger partial charge is 0.310 e. The second kappa shape index (κ2) is 6.57. The molecule has 20 heavy (non-hydrogen) atoms. The number of rotatable bonds is 7. The molecule has 1 amide bonds. The molecule has 114 valence electrons. The van der Waals surface area contributed by atoms with Crippen LogP contribution in [0.4, 0.5) is 0 Å². The SMILES string of the molecule is CCCCC[C@H](C)NC(=O)[C@H]1[C@H](C(=O)O)[C@H]2CC[C@H]1O2. The van der Waals surface area contributed by atoms with Crippen LogP contribution in [0.25, 0.3) is 0 Å². The normalized spacial score (nSPS) is 33.1. The summed E-state index contributed by atoms with van der Waals surface area (Å²) in [5.74, 6) is -2.24. The molecule has 2 aliphatic rings.